The van der Waals surface area contributed by atoms with Crippen molar-refractivity contribution in [3.63, 3.8) is 0 Å². The van der Waals surface area contributed by atoms with Crippen molar-refractivity contribution in [2.45, 2.75) is 25.8 Å². The maximum Gasteiger partial charge on any atom is 0.263 e. The summed E-state index contributed by atoms with van der Waals surface area (Å²) in [5.74, 6) is 1.68. The van der Waals surface area contributed by atoms with Gasteiger partial charge >= 0.3 is 0 Å². The highest BCUT2D eigenvalue weighted by Crippen LogP contribution is 2.35. The van der Waals surface area contributed by atoms with Gasteiger partial charge in [0.05, 0.1) is 11.1 Å². The van der Waals surface area contributed by atoms with Crippen molar-refractivity contribution < 1.29 is 9.21 Å². The quantitative estimate of drug-likeness (QED) is 0.667. The van der Waals surface area contributed by atoms with Gasteiger partial charge in [-0.15, -0.1) is 11.3 Å². The molecule has 136 valence electrons. The number of benzene rings is 1. The molecule has 3 heterocycles. The van der Waals surface area contributed by atoms with Gasteiger partial charge in [0.25, 0.3) is 5.91 Å². The maximum atomic E-state index is 12.8. The molecule has 0 aliphatic carbocycles. The van der Waals surface area contributed by atoms with Gasteiger partial charge < -0.3 is 9.73 Å². The van der Waals surface area contributed by atoms with Gasteiger partial charge in [-0.05, 0) is 51.1 Å². The molecule has 4 rings (SSSR count). The normalized spacial score (nSPS) is 16.2. The Hall–Kier alpha value is -1.82. The second-order valence-corrected chi connectivity index (χ2v) is 8.09. The molecule has 4 nitrogen and oxygen atoms in total. The largest absolute Gasteiger partial charge is 0.465 e. The Bertz CT molecular complexity index is 927. The number of carbonyl (C=O) groups excluding carboxylic acids is 1. The molecule has 2 aromatic heterocycles. The Morgan fingerprint density at radius 3 is 2.73 bits per heavy atom. The van der Waals surface area contributed by atoms with Gasteiger partial charge in [-0.3, -0.25) is 9.69 Å². The Labute approximate surface area is 161 Å². The number of hydrogen-bond acceptors (Lipinski definition) is 4. The fraction of sp³-hybridized carbons (Fsp3) is 0.350. The molecular formula is C20H21ClN2O2S. The summed E-state index contributed by atoms with van der Waals surface area (Å²) in [4.78, 5) is 15.7. The lowest BCUT2D eigenvalue weighted by Gasteiger charge is -2.26. The van der Waals surface area contributed by atoms with Crippen LogP contribution < -0.4 is 5.32 Å². The fourth-order valence-corrected chi connectivity index (χ4v) is 4.96. The topological polar surface area (TPSA) is 45.5 Å². The summed E-state index contributed by atoms with van der Waals surface area (Å²) in [5.41, 5.74) is 0. The SMILES string of the molecule is Cc1ccc([C@@H](CNC(=O)c2sc3ccccc3c2Cl)N2CCCC2)o1. The number of rotatable bonds is 5. The van der Waals surface area contributed by atoms with Gasteiger partial charge in [-0.25, -0.2) is 0 Å². The molecule has 0 spiro atoms. The maximum absolute atomic E-state index is 12.8. The molecule has 0 bridgehead atoms. The molecule has 1 N–H and O–H groups in total. The molecule has 1 aromatic carbocycles. The molecule has 3 aromatic rings. The first-order chi connectivity index (χ1) is 12.6. The number of amides is 1. The molecule has 0 unspecified atom stereocenters. The van der Waals surface area contributed by atoms with Crippen LogP contribution in [-0.4, -0.2) is 30.4 Å². The van der Waals surface area contributed by atoms with E-state index in [1.807, 2.05) is 43.3 Å². The minimum Gasteiger partial charge on any atom is -0.465 e. The van der Waals surface area contributed by atoms with E-state index in [0.717, 1.165) is 34.7 Å². The third-order valence-corrected chi connectivity index (χ3v) is 6.54. The van der Waals surface area contributed by atoms with Crippen LogP contribution in [0.25, 0.3) is 10.1 Å². The van der Waals surface area contributed by atoms with E-state index in [4.69, 9.17) is 16.0 Å². The lowest BCUT2D eigenvalue weighted by Crippen LogP contribution is -2.36. The minimum atomic E-state index is -0.122. The van der Waals surface area contributed by atoms with Crippen LogP contribution in [0.3, 0.4) is 0 Å². The van der Waals surface area contributed by atoms with Crippen molar-refractivity contribution in [1.82, 2.24) is 10.2 Å². The first kappa shape index (κ1) is 17.6. The van der Waals surface area contributed by atoms with Crippen LogP contribution in [-0.2, 0) is 0 Å². The summed E-state index contributed by atoms with van der Waals surface area (Å²) in [5, 5.41) is 4.54. The summed E-state index contributed by atoms with van der Waals surface area (Å²) in [6, 6.07) is 11.9. The van der Waals surface area contributed by atoms with Crippen LogP contribution in [0.5, 0.6) is 0 Å². The minimum absolute atomic E-state index is 0.0586. The van der Waals surface area contributed by atoms with E-state index in [1.54, 1.807) is 0 Å². The van der Waals surface area contributed by atoms with Crippen LogP contribution >= 0.6 is 22.9 Å². The lowest BCUT2D eigenvalue weighted by molar-refractivity contribution is 0.0938. The van der Waals surface area contributed by atoms with Crippen molar-refractivity contribution in [2.75, 3.05) is 19.6 Å². The molecule has 1 saturated heterocycles. The third-order valence-electron chi connectivity index (χ3n) is 4.87. The molecule has 26 heavy (non-hydrogen) atoms. The van der Waals surface area contributed by atoms with E-state index < -0.39 is 0 Å². The summed E-state index contributed by atoms with van der Waals surface area (Å²) in [6.45, 7) is 4.52. The predicted octanol–water partition coefficient (Wildman–Crippen LogP) is 5.02. The Kier molecular flexibility index (Phi) is 5.02. The van der Waals surface area contributed by atoms with Gasteiger partial charge in [0, 0.05) is 16.6 Å². The number of nitrogens with one attached hydrogen (secondary N) is 1. The van der Waals surface area contributed by atoms with Crippen LogP contribution in [0.15, 0.2) is 40.8 Å². The van der Waals surface area contributed by atoms with Crippen LogP contribution in [0, 0.1) is 6.92 Å². The van der Waals surface area contributed by atoms with Crippen molar-refractivity contribution >= 4 is 38.9 Å². The highest BCUT2D eigenvalue weighted by Gasteiger charge is 2.27. The number of halogens is 1. The number of nitrogens with zero attached hydrogens (tertiary/aromatic N) is 1. The Morgan fingerprint density at radius 2 is 2.04 bits per heavy atom. The van der Waals surface area contributed by atoms with E-state index in [9.17, 15) is 4.79 Å². The zero-order valence-corrected chi connectivity index (χ0v) is 16.2. The van der Waals surface area contributed by atoms with E-state index in [1.165, 1.54) is 24.2 Å². The van der Waals surface area contributed by atoms with Gasteiger partial charge in [0.2, 0.25) is 0 Å². The predicted molar refractivity (Wildman–Crippen MR) is 106 cm³/mol. The first-order valence-corrected chi connectivity index (χ1v) is 10.1. The van der Waals surface area contributed by atoms with E-state index in [0.29, 0.717) is 16.4 Å². The lowest BCUT2D eigenvalue weighted by atomic mass is 10.2. The highest BCUT2D eigenvalue weighted by molar-refractivity contribution is 7.21. The van der Waals surface area contributed by atoms with Crippen LogP contribution in [0.4, 0.5) is 0 Å². The summed E-state index contributed by atoms with van der Waals surface area (Å²) < 4.78 is 6.88. The van der Waals surface area contributed by atoms with Crippen molar-refractivity contribution in [3.05, 3.63) is 57.8 Å². The smallest absolute Gasteiger partial charge is 0.263 e. The third kappa shape index (κ3) is 3.39. The number of fused-ring (bicyclic) bond motifs is 1. The molecule has 6 heteroatoms. The van der Waals surface area contributed by atoms with Gasteiger partial charge in [-0.2, -0.15) is 0 Å². The second-order valence-electron chi connectivity index (χ2n) is 6.66. The van der Waals surface area contributed by atoms with Gasteiger partial charge in [0.15, 0.2) is 0 Å². The average molecular weight is 389 g/mol. The molecule has 1 atom stereocenters. The second kappa shape index (κ2) is 7.43. The number of hydrogen-bond donors (Lipinski definition) is 1. The van der Waals surface area contributed by atoms with Crippen LogP contribution in [0.2, 0.25) is 5.02 Å². The molecular weight excluding hydrogens is 368 g/mol. The summed E-state index contributed by atoms with van der Waals surface area (Å²) in [7, 11) is 0. The van der Waals surface area contributed by atoms with E-state index in [2.05, 4.69) is 10.2 Å². The number of likely N-dealkylation sites (tertiary alicyclic amines) is 1. The summed E-state index contributed by atoms with van der Waals surface area (Å²) in [6.07, 6.45) is 2.37. The molecule has 0 saturated carbocycles. The van der Waals surface area contributed by atoms with Gasteiger partial charge in [0.1, 0.15) is 16.4 Å². The Morgan fingerprint density at radius 1 is 1.27 bits per heavy atom. The standard InChI is InChI=1S/C20H21ClN2O2S/c1-13-8-9-16(25-13)15(23-10-4-5-11-23)12-22-20(24)19-18(21)14-6-2-3-7-17(14)26-19/h2-3,6-9,15H,4-5,10-12H2,1H3,(H,22,24)/t15-/m1/s1. The first-order valence-electron chi connectivity index (χ1n) is 8.89. The van der Waals surface area contributed by atoms with E-state index in [-0.39, 0.29) is 11.9 Å². The monoisotopic (exact) mass is 388 g/mol. The van der Waals surface area contributed by atoms with Crippen molar-refractivity contribution in [2.24, 2.45) is 0 Å². The van der Waals surface area contributed by atoms with E-state index >= 15 is 0 Å². The molecule has 1 amide bonds. The number of furan rings is 1. The van der Waals surface area contributed by atoms with Gasteiger partial charge in [-0.1, -0.05) is 29.8 Å². The average Bonchev–Trinajstić information content (AvgIpc) is 3.37. The number of thiophene rings is 1. The van der Waals surface area contributed by atoms with Crippen LogP contribution in [0.1, 0.15) is 40.1 Å². The zero-order valence-electron chi connectivity index (χ0n) is 14.6. The summed E-state index contributed by atoms with van der Waals surface area (Å²) >= 11 is 7.87. The highest BCUT2D eigenvalue weighted by atomic mass is 35.5. The molecule has 1 fully saturated rings. The Balaban J connectivity index is 1.52. The zero-order chi connectivity index (χ0) is 18.1. The molecule has 1 aliphatic heterocycles. The number of aryl methyl sites for hydroxylation is 1. The van der Waals surface area contributed by atoms with Crippen molar-refractivity contribution in [3.8, 4) is 0 Å². The fourth-order valence-electron chi connectivity index (χ4n) is 3.53. The molecule has 0 radical (unpaired) electrons. The number of carbonyl (C=O) groups is 1. The molecule has 1 aliphatic rings. The van der Waals surface area contributed by atoms with Crippen molar-refractivity contribution in [1.29, 1.82) is 0 Å².